The number of aromatic amines is 1. The first kappa shape index (κ1) is 28.9. The number of aromatic nitrogens is 4. The normalized spacial score (nSPS) is 16.3. The quantitative estimate of drug-likeness (QED) is 0.210. The summed E-state index contributed by atoms with van der Waals surface area (Å²) in [4.78, 5) is 35.8. The average molecular weight is 584 g/mol. The van der Waals surface area contributed by atoms with Crippen LogP contribution in [0.4, 0.5) is 4.39 Å². The summed E-state index contributed by atoms with van der Waals surface area (Å²) in [6.45, 7) is 5.10. The highest BCUT2D eigenvalue weighted by atomic mass is 19.1. The largest absolute Gasteiger partial charge is 0.385 e. The summed E-state index contributed by atoms with van der Waals surface area (Å²) in [5.41, 5.74) is 4.13. The average Bonchev–Trinajstić information content (AvgIpc) is 3.55. The first-order valence-electron chi connectivity index (χ1n) is 15.1. The molecule has 224 valence electrons. The predicted molar refractivity (Wildman–Crippen MR) is 166 cm³/mol. The maximum Gasteiger partial charge on any atom is 0.331 e. The summed E-state index contributed by atoms with van der Waals surface area (Å²) in [6, 6.07) is 20.4. The second-order valence-electron chi connectivity index (χ2n) is 11.7. The molecule has 9 heteroatoms. The number of aryl methyl sites for hydroxylation is 1. The second-order valence-corrected chi connectivity index (χ2v) is 11.7. The standard InChI is InChI=1S/C34H38FN5O3/c1-23(20-24-13-15-26(16-14-24)40-32-27(35)9-5-11-29(32)37-34(40)42)21-31(41)38-17-6-8-25(22-38)33-36-28-10-3-4-12-30(28)39(33)18-7-19-43-2/h3-5,9-16,23,25H,6-8,17-22H2,1-2H3,(H,37,42)/t23-,25-/m1/s1. The number of methoxy groups -OCH3 is 1. The highest BCUT2D eigenvalue weighted by molar-refractivity contribution is 5.78. The van der Waals surface area contributed by atoms with Crippen LogP contribution in [0.2, 0.25) is 0 Å². The van der Waals surface area contributed by atoms with Gasteiger partial charge in [0.25, 0.3) is 0 Å². The van der Waals surface area contributed by atoms with Crippen molar-refractivity contribution < 1.29 is 13.9 Å². The number of carbonyl (C=O) groups is 1. The van der Waals surface area contributed by atoms with E-state index < -0.39 is 5.82 Å². The van der Waals surface area contributed by atoms with E-state index in [0.29, 0.717) is 30.8 Å². The lowest BCUT2D eigenvalue weighted by atomic mass is 9.94. The van der Waals surface area contributed by atoms with Gasteiger partial charge < -0.3 is 19.2 Å². The molecule has 8 nitrogen and oxygen atoms in total. The molecular formula is C34H38FN5O3. The minimum atomic E-state index is -0.449. The van der Waals surface area contributed by atoms with Crippen molar-refractivity contribution in [2.24, 2.45) is 5.92 Å². The Bertz CT molecular complexity index is 1790. The molecule has 1 N–H and O–H groups in total. The summed E-state index contributed by atoms with van der Waals surface area (Å²) >= 11 is 0. The van der Waals surface area contributed by atoms with Gasteiger partial charge in [-0.2, -0.15) is 0 Å². The topological polar surface area (TPSA) is 85.1 Å². The minimum Gasteiger partial charge on any atom is -0.385 e. The molecule has 0 unspecified atom stereocenters. The van der Waals surface area contributed by atoms with Gasteiger partial charge in [-0.25, -0.2) is 14.2 Å². The number of hydrogen-bond donors (Lipinski definition) is 1. The number of ether oxygens (including phenoxy) is 1. The maximum absolute atomic E-state index is 14.5. The maximum atomic E-state index is 14.5. The van der Waals surface area contributed by atoms with Crippen LogP contribution in [0.25, 0.3) is 27.8 Å². The van der Waals surface area contributed by atoms with E-state index in [4.69, 9.17) is 9.72 Å². The van der Waals surface area contributed by atoms with Crippen LogP contribution in [-0.2, 0) is 22.5 Å². The molecule has 0 saturated carbocycles. The number of nitrogens with zero attached hydrogens (tertiary/aromatic N) is 4. The predicted octanol–water partition coefficient (Wildman–Crippen LogP) is 5.82. The van der Waals surface area contributed by atoms with Crippen molar-refractivity contribution in [3.8, 4) is 5.69 Å². The number of fused-ring (bicyclic) bond motifs is 2. The van der Waals surface area contributed by atoms with Gasteiger partial charge in [-0.1, -0.05) is 37.3 Å². The van der Waals surface area contributed by atoms with Crippen LogP contribution in [0.15, 0.2) is 71.5 Å². The molecule has 0 bridgehead atoms. The molecule has 5 aromatic rings. The van der Waals surface area contributed by atoms with Crippen LogP contribution in [0, 0.1) is 11.7 Å². The number of para-hydroxylation sites is 3. The SMILES string of the molecule is COCCCn1c([C@@H]2CCCN(C(=O)C[C@H](C)Cc3ccc(-n4c(=O)[nH]c5cccc(F)c54)cc3)C2)nc2ccccc21. The summed E-state index contributed by atoms with van der Waals surface area (Å²) in [5, 5.41) is 0. The molecule has 0 radical (unpaired) electrons. The molecule has 1 aliphatic heterocycles. The van der Waals surface area contributed by atoms with Crippen LogP contribution in [0.5, 0.6) is 0 Å². The van der Waals surface area contributed by atoms with E-state index in [-0.39, 0.29) is 28.9 Å². The number of carbonyl (C=O) groups excluding carboxylic acids is 1. The highest BCUT2D eigenvalue weighted by Crippen LogP contribution is 2.30. The molecule has 43 heavy (non-hydrogen) atoms. The molecular weight excluding hydrogens is 545 g/mol. The third-order valence-corrected chi connectivity index (χ3v) is 8.51. The lowest BCUT2D eigenvalue weighted by molar-refractivity contribution is -0.133. The fraction of sp³-hybridized carbons (Fsp3) is 0.382. The molecule has 1 fully saturated rings. The molecule has 0 aliphatic carbocycles. The molecule has 3 aromatic carbocycles. The van der Waals surface area contributed by atoms with Crippen molar-refractivity contribution in [3.05, 3.63) is 94.4 Å². The summed E-state index contributed by atoms with van der Waals surface area (Å²) in [6.07, 6.45) is 4.08. The molecule has 3 heterocycles. The van der Waals surface area contributed by atoms with Crippen molar-refractivity contribution in [3.63, 3.8) is 0 Å². The second kappa shape index (κ2) is 12.6. The minimum absolute atomic E-state index is 0.144. The van der Waals surface area contributed by atoms with Gasteiger partial charge in [0.05, 0.1) is 22.2 Å². The molecule has 2 atom stereocenters. The lowest BCUT2D eigenvalue weighted by Crippen LogP contribution is -2.40. The monoisotopic (exact) mass is 583 g/mol. The molecule has 0 spiro atoms. The van der Waals surface area contributed by atoms with Crippen LogP contribution in [0.1, 0.15) is 49.9 Å². The van der Waals surface area contributed by atoms with Gasteiger partial charge in [-0.05, 0) is 73.6 Å². The molecule has 1 saturated heterocycles. The van der Waals surface area contributed by atoms with Gasteiger partial charge in [0, 0.05) is 45.7 Å². The number of rotatable bonds is 10. The van der Waals surface area contributed by atoms with Gasteiger partial charge in [-0.15, -0.1) is 0 Å². The Kier molecular flexibility index (Phi) is 8.42. The van der Waals surface area contributed by atoms with E-state index >= 15 is 0 Å². The molecule has 1 amide bonds. The zero-order valence-corrected chi connectivity index (χ0v) is 24.8. The molecule has 2 aromatic heterocycles. The van der Waals surface area contributed by atoms with Gasteiger partial charge in [0.15, 0.2) is 0 Å². The number of halogens is 1. The Morgan fingerprint density at radius 3 is 2.74 bits per heavy atom. The fourth-order valence-electron chi connectivity index (χ4n) is 6.47. The molecule has 6 rings (SSSR count). The number of imidazole rings is 2. The third kappa shape index (κ3) is 5.99. The van der Waals surface area contributed by atoms with Gasteiger partial charge >= 0.3 is 5.69 Å². The third-order valence-electron chi connectivity index (χ3n) is 8.51. The molecule has 1 aliphatic rings. The summed E-state index contributed by atoms with van der Waals surface area (Å²) in [5.74, 6) is 1.14. The van der Waals surface area contributed by atoms with Gasteiger partial charge in [0.2, 0.25) is 5.91 Å². The number of hydrogen-bond acceptors (Lipinski definition) is 4. The van der Waals surface area contributed by atoms with Crippen molar-refractivity contribution >= 4 is 28.0 Å². The van der Waals surface area contributed by atoms with E-state index in [2.05, 4.69) is 28.6 Å². The van der Waals surface area contributed by atoms with E-state index in [1.54, 1.807) is 19.2 Å². The van der Waals surface area contributed by atoms with Gasteiger partial charge in [-0.3, -0.25) is 9.36 Å². The Hall–Kier alpha value is -4.24. The first-order valence-corrected chi connectivity index (χ1v) is 15.1. The number of likely N-dealkylation sites (tertiary alicyclic amines) is 1. The fourth-order valence-corrected chi connectivity index (χ4v) is 6.47. The van der Waals surface area contributed by atoms with Gasteiger partial charge in [0.1, 0.15) is 17.2 Å². The first-order chi connectivity index (χ1) is 20.9. The lowest BCUT2D eigenvalue weighted by Gasteiger charge is -2.33. The van der Waals surface area contributed by atoms with Crippen LogP contribution >= 0.6 is 0 Å². The number of piperidine rings is 1. The van der Waals surface area contributed by atoms with Crippen molar-refractivity contribution in [2.45, 2.75) is 51.5 Å². The van der Waals surface area contributed by atoms with Crippen LogP contribution in [-0.4, -0.2) is 56.7 Å². The van der Waals surface area contributed by atoms with E-state index in [9.17, 15) is 14.0 Å². The van der Waals surface area contributed by atoms with E-state index in [1.165, 1.54) is 10.6 Å². The Balaban J connectivity index is 1.11. The zero-order valence-electron chi connectivity index (χ0n) is 24.8. The Morgan fingerprint density at radius 1 is 1.12 bits per heavy atom. The smallest absolute Gasteiger partial charge is 0.331 e. The highest BCUT2D eigenvalue weighted by Gasteiger charge is 2.29. The van der Waals surface area contributed by atoms with Crippen molar-refractivity contribution in [2.75, 3.05) is 26.8 Å². The number of H-pyrrole nitrogens is 1. The number of amides is 1. The van der Waals surface area contributed by atoms with Crippen molar-refractivity contribution in [1.29, 1.82) is 0 Å². The van der Waals surface area contributed by atoms with Crippen LogP contribution in [0.3, 0.4) is 0 Å². The van der Waals surface area contributed by atoms with E-state index in [1.807, 2.05) is 41.3 Å². The zero-order chi connectivity index (χ0) is 29.9. The Labute approximate surface area is 250 Å². The van der Waals surface area contributed by atoms with Crippen molar-refractivity contribution in [1.82, 2.24) is 24.0 Å². The Morgan fingerprint density at radius 2 is 1.93 bits per heavy atom. The number of benzene rings is 3. The summed E-state index contributed by atoms with van der Waals surface area (Å²) in [7, 11) is 1.73. The van der Waals surface area contributed by atoms with E-state index in [0.717, 1.165) is 61.2 Å². The summed E-state index contributed by atoms with van der Waals surface area (Å²) < 4.78 is 23.5. The number of nitrogens with one attached hydrogen (secondary N) is 1. The van der Waals surface area contributed by atoms with Crippen LogP contribution < -0.4 is 5.69 Å².